The maximum atomic E-state index is 10.7. The van der Waals surface area contributed by atoms with Crippen molar-refractivity contribution in [3.05, 3.63) is 24.4 Å². The van der Waals surface area contributed by atoms with Crippen LogP contribution in [-0.2, 0) is 9.53 Å². The molecule has 0 fully saturated rings. The van der Waals surface area contributed by atoms with E-state index < -0.39 is 0 Å². The summed E-state index contributed by atoms with van der Waals surface area (Å²) in [4.78, 5) is 14.7. The van der Waals surface area contributed by atoms with Crippen molar-refractivity contribution >= 4 is 11.7 Å². The number of hydrogen-bond acceptors (Lipinski definition) is 3. The molecule has 0 N–H and O–H groups in total. The van der Waals surface area contributed by atoms with Crippen LogP contribution in [0.1, 0.15) is 20.3 Å². The highest BCUT2D eigenvalue weighted by Gasteiger charge is 1.94. The molecular weight excluding hydrogens is 166 g/mol. The number of hydrogen-bond donors (Lipinski definition) is 0. The van der Waals surface area contributed by atoms with E-state index in [0.29, 0.717) is 12.3 Å². The Kier molecular flexibility index (Phi) is 5.52. The van der Waals surface area contributed by atoms with Crippen molar-refractivity contribution in [1.82, 2.24) is 0 Å². The molecule has 13 heavy (non-hydrogen) atoms. The first kappa shape index (κ1) is 11.6. The minimum Gasteiger partial charge on any atom is -0.481 e. The number of rotatable bonds is 4. The third-order valence-electron chi connectivity index (χ3n) is 1.32. The van der Waals surface area contributed by atoms with E-state index in [4.69, 9.17) is 4.74 Å². The van der Waals surface area contributed by atoms with Crippen LogP contribution < -0.4 is 0 Å². The van der Waals surface area contributed by atoms with E-state index >= 15 is 0 Å². The number of methoxy groups -OCH3 is 1. The summed E-state index contributed by atoms with van der Waals surface area (Å²) in [5, 5.41) is 0. The van der Waals surface area contributed by atoms with E-state index in [1.54, 1.807) is 13.1 Å². The van der Waals surface area contributed by atoms with E-state index in [0.717, 1.165) is 5.57 Å². The van der Waals surface area contributed by atoms with Gasteiger partial charge in [0.2, 0.25) is 5.90 Å². The second-order valence-corrected chi connectivity index (χ2v) is 2.73. The maximum Gasteiger partial charge on any atom is 0.212 e. The van der Waals surface area contributed by atoms with Crippen molar-refractivity contribution in [1.29, 1.82) is 0 Å². The van der Waals surface area contributed by atoms with Crippen molar-refractivity contribution in [2.24, 2.45) is 4.99 Å². The van der Waals surface area contributed by atoms with Gasteiger partial charge in [0.25, 0.3) is 0 Å². The molecule has 3 nitrogen and oxygen atoms in total. The summed E-state index contributed by atoms with van der Waals surface area (Å²) in [6.07, 6.45) is 3.55. The van der Waals surface area contributed by atoms with Crippen LogP contribution in [0.4, 0.5) is 0 Å². The quantitative estimate of drug-likeness (QED) is 0.492. The lowest BCUT2D eigenvalue weighted by molar-refractivity contribution is -0.116. The summed E-state index contributed by atoms with van der Waals surface area (Å²) in [5.74, 6) is 0.574. The SMILES string of the molecule is C=CC(=N/C=C(\C)CC(C)=O)OC. The molecule has 0 unspecified atom stereocenters. The largest absolute Gasteiger partial charge is 0.481 e. The summed E-state index contributed by atoms with van der Waals surface area (Å²) in [6.45, 7) is 6.91. The summed E-state index contributed by atoms with van der Waals surface area (Å²) < 4.78 is 4.86. The number of ether oxygens (including phenoxy) is 1. The number of carbonyl (C=O) groups is 1. The first-order chi connectivity index (χ1) is 6.10. The van der Waals surface area contributed by atoms with E-state index in [1.807, 2.05) is 6.92 Å². The standard InChI is InChI=1S/C10H15NO2/c1-5-10(13-4)11-7-8(2)6-9(3)12/h5,7H,1,6H2,2-4H3/b8-7+,11-10?. The van der Waals surface area contributed by atoms with Crippen LogP contribution in [-0.4, -0.2) is 18.8 Å². The molecule has 0 aromatic rings. The van der Waals surface area contributed by atoms with E-state index in [2.05, 4.69) is 11.6 Å². The summed E-state index contributed by atoms with van der Waals surface area (Å²) >= 11 is 0. The van der Waals surface area contributed by atoms with Crippen LogP contribution in [0, 0.1) is 0 Å². The average molecular weight is 181 g/mol. The van der Waals surface area contributed by atoms with Crippen LogP contribution in [0.2, 0.25) is 0 Å². The number of aliphatic imine (C=N–C) groups is 1. The molecule has 0 amide bonds. The number of Topliss-reactive ketones (excluding diaryl/α,β-unsaturated/α-hetero) is 1. The van der Waals surface area contributed by atoms with Gasteiger partial charge in [0.15, 0.2) is 0 Å². The molecule has 72 valence electrons. The lowest BCUT2D eigenvalue weighted by Gasteiger charge is -1.96. The summed E-state index contributed by atoms with van der Waals surface area (Å²) in [5.41, 5.74) is 0.906. The minimum absolute atomic E-state index is 0.126. The monoisotopic (exact) mass is 181 g/mol. The Morgan fingerprint density at radius 3 is 2.54 bits per heavy atom. The zero-order valence-electron chi connectivity index (χ0n) is 8.33. The van der Waals surface area contributed by atoms with Gasteiger partial charge in [-0.05, 0) is 25.5 Å². The molecule has 0 saturated heterocycles. The Balaban J connectivity index is 4.30. The Morgan fingerprint density at radius 1 is 1.54 bits per heavy atom. The average Bonchev–Trinajstić information content (AvgIpc) is 2.05. The molecule has 0 heterocycles. The maximum absolute atomic E-state index is 10.7. The van der Waals surface area contributed by atoms with E-state index in [9.17, 15) is 4.79 Å². The van der Waals surface area contributed by atoms with Crippen molar-refractivity contribution in [3.8, 4) is 0 Å². The van der Waals surface area contributed by atoms with Crippen LogP contribution >= 0.6 is 0 Å². The van der Waals surface area contributed by atoms with Gasteiger partial charge in [0.05, 0.1) is 7.11 Å². The lowest BCUT2D eigenvalue weighted by Crippen LogP contribution is -1.95. The number of ketones is 1. The third kappa shape index (κ3) is 5.84. The fourth-order valence-electron chi connectivity index (χ4n) is 0.801. The highest BCUT2D eigenvalue weighted by molar-refractivity contribution is 5.87. The van der Waals surface area contributed by atoms with Gasteiger partial charge >= 0.3 is 0 Å². The molecule has 0 aliphatic heterocycles. The van der Waals surface area contributed by atoms with Gasteiger partial charge < -0.3 is 4.74 Å². The first-order valence-corrected chi connectivity index (χ1v) is 3.99. The van der Waals surface area contributed by atoms with Gasteiger partial charge in [0, 0.05) is 12.6 Å². The van der Waals surface area contributed by atoms with Crippen LogP contribution in [0.15, 0.2) is 29.4 Å². The predicted octanol–water partition coefficient (Wildman–Crippen LogP) is 2.10. The second kappa shape index (κ2) is 6.17. The Hall–Kier alpha value is -1.38. The number of allylic oxidation sites excluding steroid dienone is 1. The molecule has 0 saturated carbocycles. The Bertz CT molecular complexity index is 252. The summed E-state index contributed by atoms with van der Waals surface area (Å²) in [6, 6.07) is 0. The van der Waals surface area contributed by atoms with Crippen LogP contribution in [0.3, 0.4) is 0 Å². The zero-order valence-corrected chi connectivity index (χ0v) is 8.33. The molecule has 0 rings (SSSR count). The fraction of sp³-hybridized carbons (Fsp3) is 0.400. The molecular formula is C10H15NO2. The van der Waals surface area contributed by atoms with Crippen molar-refractivity contribution in [2.75, 3.05) is 7.11 Å². The topological polar surface area (TPSA) is 38.7 Å². The molecule has 0 aliphatic carbocycles. The Labute approximate surface area is 78.8 Å². The number of carbonyl (C=O) groups excluding carboxylic acids is 1. The van der Waals surface area contributed by atoms with Crippen molar-refractivity contribution in [3.63, 3.8) is 0 Å². The first-order valence-electron chi connectivity index (χ1n) is 3.99. The number of nitrogens with zero attached hydrogens (tertiary/aromatic N) is 1. The molecule has 0 aliphatic rings. The van der Waals surface area contributed by atoms with Crippen molar-refractivity contribution < 1.29 is 9.53 Å². The highest BCUT2D eigenvalue weighted by Crippen LogP contribution is 2.00. The van der Waals surface area contributed by atoms with Crippen LogP contribution in [0.5, 0.6) is 0 Å². The fourth-order valence-corrected chi connectivity index (χ4v) is 0.801. The second-order valence-electron chi connectivity index (χ2n) is 2.73. The third-order valence-corrected chi connectivity index (χ3v) is 1.32. The Morgan fingerprint density at radius 2 is 2.15 bits per heavy atom. The van der Waals surface area contributed by atoms with Gasteiger partial charge in [-0.1, -0.05) is 6.58 Å². The van der Waals surface area contributed by atoms with Gasteiger partial charge in [-0.2, -0.15) is 0 Å². The van der Waals surface area contributed by atoms with Crippen LogP contribution in [0.25, 0.3) is 0 Å². The van der Waals surface area contributed by atoms with Crippen molar-refractivity contribution in [2.45, 2.75) is 20.3 Å². The molecule has 0 aromatic heterocycles. The molecule has 0 spiro atoms. The molecule has 0 aromatic carbocycles. The highest BCUT2D eigenvalue weighted by atomic mass is 16.5. The van der Waals surface area contributed by atoms with Gasteiger partial charge in [-0.3, -0.25) is 4.79 Å². The van der Waals surface area contributed by atoms with Gasteiger partial charge in [-0.25, -0.2) is 4.99 Å². The molecule has 0 atom stereocenters. The molecule has 0 bridgehead atoms. The molecule has 3 heteroatoms. The lowest BCUT2D eigenvalue weighted by atomic mass is 10.2. The minimum atomic E-state index is 0.126. The van der Waals surface area contributed by atoms with Gasteiger partial charge in [0.1, 0.15) is 5.78 Å². The zero-order chi connectivity index (χ0) is 10.3. The predicted molar refractivity (Wildman–Crippen MR) is 53.7 cm³/mol. The smallest absolute Gasteiger partial charge is 0.212 e. The van der Waals surface area contributed by atoms with E-state index in [-0.39, 0.29) is 5.78 Å². The van der Waals surface area contributed by atoms with E-state index in [1.165, 1.54) is 13.2 Å². The summed E-state index contributed by atoms with van der Waals surface area (Å²) in [7, 11) is 1.52. The molecule has 0 radical (unpaired) electrons. The normalized spacial score (nSPS) is 12.5. The van der Waals surface area contributed by atoms with Gasteiger partial charge in [-0.15, -0.1) is 0 Å².